The van der Waals surface area contributed by atoms with Crippen LogP contribution in [0.3, 0.4) is 0 Å². The zero-order valence-corrected chi connectivity index (χ0v) is 8.84. The van der Waals surface area contributed by atoms with Gasteiger partial charge in [0, 0.05) is 19.5 Å². The molecule has 1 saturated heterocycles. The van der Waals surface area contributed by atoms with E-state index < -0.39 is 0 Å². The predicted octanol–water partition coefficient (Wildman–Crippen LogP) is 2.50. The third kappa shape index (κ3) is 1.35. The second kappa shape index (κ2) is 3.25. The molecule has 1 heterocycles. The second-order valence-corrected chi connectivity index (χ2v) is 5.43. The summed E-state index contributed by atoms with van der Waals surface area (Å²) >= 11 is 0. The zero-order valence-electron chi connectivity index (χ0n) is 8.84. The summed E-state index contributed by atoms with van der Waals surface area (Å²) in [5.74, 6) is 3.93. The topological polar surface area (TPSA) is 27.1 Å². The number of hydrogen-bond donors (Lipinski definition) is 1. The number of likely N-dealkylation sites (tertiary alicyclic amines) is 1. The van der Waals surface area contributed by atoms with E-state index in [1.54, 1.807) is 0 Å². The van der Waals surface area contributed by atoms with Crippen LogP contribution in [0.25, 0.3) is 0 Å². The number of amidine groups is 1. The van der Waals surface area contributed by atoms with Crippen molar-refractivity contribution in [1.82, 2.24) is 4.90 Å². The van der Waals surface area contributed by atoms with E-state index in [1.807, 2.05) is 0 Å². The highest BCUT2D eigenvalue weighted by Gasteiger charge is 2.40. The average Bonchev–Trinajstić information content (AvgIpc) is 2.83. The fourth-order valence-electron chi connectivity index (χ4n) is 3.82. The molecule has 0 aromatic heterocycles. The normalized spacial score (nSPS) is 41.3. The number of nitrogens with zero attached hydrogens (tertiary/aromatic N) is 1. The second-order valence-electron chi connectivity index (χ2n) is 5.43. The van der Waals surface area contributed by atoms with Crippen LogP contribution in [0.1, 0.15) is 38.5 Å². The molecule has 14 heavy (non-hydrogen) atoms. The van der Waals surface area contributed by atoms with E-state index in [2.05, 4.69) is 4.90 Å². The molecule has 78 valence electrons. The van der Waals surface area contributed by atoms with Crippen molar-refractivity contribution in [2.45, 2.75) is 38.5 Å². The molecule has 0 amide bonds. The summed E-state index contributed by atoms with van der Waals surface area (Å²) in [6.07, 6.45) is 8.20. The lowest BCUT2D eigenvalue weighted by atomic mass is 9.88. The van der Waals surface area contributed by atoms with Crippen LogP contribution >= 0.6 is 0 Å². The maximum absolute atomic E-state index is 7.83. The Kier molecular flexibility index (Phi) is 2.03. The van der Waals surface area contributed by atoms with Gasteiger partial charge >= 0.3 is 0 Å². The van der Waals surface area contributed by atoms with Gasteiger partial charge in [-0.05, 0) is 43.4 Å². The molecule has 0 spiro atoms. The van der Waals surface area contributed by atoms with Gasteiger partial charge in [-0.3, -0.25) is 5.41 Å². The largest absolute Gasteiger partial charge is 0.360 e. The molecule has 3 atom stereocenters. The maximum atomic E-state index is 7.83. The minimum absolute atomic E-state index is 0.910. The van der Waals surface area contributed by atoms with E-state index in [0.29, 0.717) is 0 Å². The molecule has 3 unspecified atom stereocenters. The number of nitrogens with one attached hydrogen (secondary N) is 1. The quantitative estimate of drug-likeness (QED) is 0.715. The Morgan fingerprint density at radius 1 is 1.29 bits per heavy atom. The van der Waals surface area contributed by atoms with Crippen molar-refractivity contribution in [2.75, 3.05) is 13.1 Å². The summed E-state index contributed by atoms with van der Waals surface area (Å²) < 4.78 is 0. The van der Waals surface area contributed by atoms with Crippen LogP contribution < -0.4 is 0 Å². The molecule has 2 aliphatic carbocycles. The first kappa shape index (κ1) is 8.75. The van der Waals surface area contributed by atoms with Gasteiger partial charge in [0.2, 0.25) is 0 Å². The highest BCUT2D eigenvalue weighted by molar-refractivity contribution is 5.80. The van der Waals surface area contributed by atoms with Crippen LogP contribution in [-0.2, 0) is 0 Å². The molecule has 2 heteroatoms. The first-order valence-corrected chi connectivity index (χ1v) is 6.15. The van der Waals surface area contributed by atoms with E-state index in [-0.39, 0.29) is 0 Å². The molecule has 0 aromatic carbocycles. The van der Waals surface area contributed by atoms with E-state index in [1.165, 1.54) is 38.6 Å². The first-order chi connectivity index (χ1) is 6.83. The maximum Gasteiger partial charge on any atom is 0.0958 e. The molecular weight excluding hydrogens is 172 g/mol. The lowest BCUT2D eigenvalue weighted by Gasteiger charge is -2.27. The van der Waals surface area contributed by atoms with Gasteiger partial charge in [0.15, 0.2) is 0 Å². The van der Waals surface area contributed by atoms with Crippen LogP contribution in [0.15, 0.2) is 0 Å². The minimum Gasteiger partial charge on any atom is -0.360 e. The Balaban J connectivity index is 1.60. The minimum atomic E-state index is 0.910. The standard InChI is InChI=1S/C12H20N2/c13-12-2-1-5-14(12)8-11-7-9-3-4-10(11)6-9/h9-11,13H,1-8H2. The van der Waals surface area contributed by atoms with Crippen LogP contribution in [-0.4, -0.2) is 23.8 Å². The molecular formula is C12H20N2. The van der Waals surface area contributed by atoms with Gasteiger partial charge in [-0.2, -0.15) is 0 Å². The van der Waals surface area contributed by atoms with Gasteiger partial charge in [0.25, 0.3) is 0 Å². The fourth-order valence-corrected chi connectivity index (χ4v) is 3.82. The lowest BCUT2D eigenvalue weighted by Crippen LogP contribution is -2.32. The fraction of sp³-hybridized carbons (Fsp3) is 0.917. The third-order valence-electron chi connectivity index (χ3n) is 4.56. The highest BCUT2D eigenvalue weighted by Crippen LogP contribution is 2.48. The van der Waals surface area contributed by atoms with Crippen molar-refractivity contribution in [3.05, 3.63) is 0 Å². The van der Waals surface area contributed by atoms with E-state index in [9.17, 15) is 0 Å². The first-order valence-electron chi connectivity index (χ1n) is 6.15. The van der Waals surface area contributed by atoms with Crippen molar-refractivity contribution in [3.8, 4) is 0 Å². The zero-order chi connectivity index (χ0) is 9.54. The van der Waals surface area contributed by atoms with Gasteiger partial charge in [0.1, 0.15) is 0 Å². The molecule has 3 fully saturated rings. The van der Waals surface area contributed by atoms with Crippen LogP contribution in [0, 0.1) is 23.2 Å². The lowest BCUT2D eigenvalue weighted by molar-refractivity contribution is 0.264. The van der Waals surface area contributed by atoms with Crippen molar-refractivity contribution in [1.29, 1.82) is 5.41 Å². The Hall–Kier alpha value is -0.530. The van der Waals surface area contributed by atoms with Crippen molar-refractivity contribution in [2.24, 2.45) is 17.8 Å². The summed E-state index contributed by atoms with van der Waals surface area (Å²) in [5.41, 5.74) is 0. The van der Waals surface area contributed by atoms with Crippen molar-refractivity contribution in [3.63, 3.8) is 0 Å². The summed E-state index contributed by atoms with van der Waals surface area (Å²) in [4.78, 5) is 2.34. The SMILES string of the molecule is N=C1CCCN1CC1CC2CCC1C2. The van der Waals surface area contributed by atoms with Gasteiger partial charge in [-0.1, -0.05) is 6.42 Å². The summed E-state index contributed by atoms with van der Waals surface area (Å²) in [6, 6.07) is 0. The van der Waals surface area contributed by atoms with Gasteiger partial charge in [0.05, 0.1) is 5.84 Å². The Morgan fingerprint density at radius 2 is 2.21 bits per heavy atom. The number of fused-ring (bicyclic) bond motifs is 2. The van der Waals surface area contributed by atoms with Crippen LogP contribution in [0.4, 0.5) is 0 Å². The molecule has 2 saturated carbocycles. The van der Waals surface area contributed by atoms with Gasteiger partial charge < -0.3 is 4.90 Å². The average molecular weight is 192 g/mol. The molecule has 2 nitrogen and oxygen atoms in total. The van der Waals surface area contributed by atoms with E-state index >= 15 is 0 Å². The smallest absolute Gasteiger partial charge is 0.0958 e. The molecule has 3 rings (SSSR count). The third-order valence-corrected chi connectivity index (χ3v) is 4.56. The van der Waals surface area contributed by atoms with Crippen molar-refractivity contribution < 1.29 is 0 Å². The Labute approximate surface area is 86.2 Å². The molecule has 2 bridgehead atoms. The molecule has 1 aliphatic heterocycles. The number of rotatable bonds is 2. The monoisotopic (exact) mass is 192 g/mol. The predicted molar refractivity (Wildman–Crippen MR) is 57.5 cm³/mol. The Morgan fingerprint density at radius 3 is 2.79 bits per heavy atom. The summed E-state index contributed by atoms with van der Waals surface area (Å²) in [5, 5.41) is 7.83. The molecule has 1 N–H and O–H groups in total. The van der Waals surface area contributed by atoms with Crippen molar-refractivity contribution >= 4 is 5.84 Å². The van der Waals surface area contributed by atoms with Gasteiger partial charge in [-0.25, -0.2) is 0 Å². The molecule has 0 radical (unpaired) electrons. The van der Waals surface area contributed by atoms with Gasteiger partial charge in [-0.15, -0.1) is 0 Å². The van der Waals surface area contributed by atoms with Crippen LogP contribution in [0.2, 0.25) is 0 Å². The summed E-state index contributed by atoms with van der Waals surface area (Å²) in [7, 11) is 0. The van der Waals surface area contributed by atoms with Crippen LogP contribution in [0.5, 0.6) is 0 Å². The summed E-state index contributed by atoms with van der Waals surface area (Å²) in [6.45, 7) is 2.37. The molecule has 0 aromatic rings. The highest BCUT2D eigenvalue weighted by atomic mass is 15.2. The molecule has 3 aliphatic rings. The van der Waals surface area contributed by atoms with E-state index in [4.69, 9.17) is 5.41 Å². The number of hydrogen-bond acceptors (Lipinski definition) is 1. The Bertz CT molecular complexity index is 249. The van der Waals surface area contributed by atoms with E-state index in [0.717, 1.165) is 36.6 Å².